The van der Waals surface area contributed by atoms with E-state index in [1.54, 1.807) is 0 Å². The molecule has 0 radical (unpaired) electrons. The molecule has 220 valence electrons. The van der Waals surface area contributed by atoms with Crippen LogP contribution in [0.4, 0.5) is 0 Å². The van der Waals surface area contributed by atoms with Crippen LogP contribution < -0.4 is 0 Å². The first-order valence-electron chi connectivity index (χ1n) is 16.4. The van der Waals surface area contributed by atoms with Gasteiger partial charge in [0.05, 0.1) is 16.4 Å². The zero-order chi connectivity index (χ0) is 31.0. The Morgan fingerprint density at radius 2 is 1.06 bits per heavy atom. The Bertz CT molecular complexity index is 2950. The lowest BCUT2D eigenvalue weighted by atomic mass is 9.82. The van der Waals surface area contributed by atoms with Crippen LogP contribution in [-0.4, -0.2) is 4.57 Å². The average Bonchev–Trinajstić information content (AvgIpc) is 3.73. The Morgan fingerprint density at radius 1 is 0.447 bits per heavy atom. The van der Waals surface area contributed by atoms with Gasteiger partial charge in [0.1, 0.15) is 11.2 Å². The van der Waals surface area contributed by atoms with Gasteiger partial charge < -0.3 is 8.98 Å². The zero-order valence-electron chi connectivity index (χ0n) is 26.1. The van der Waals surface area contributed by atoms with Gasteiger partial charge in [0.2, 0.25) is 0 Å². The van der Waals surface area contributed by atoms with Gasteiger partial charge in [-0.3, -0.25) is 0 Å². The molecule has 0 spiro atoms. The maximum absolute atomic E-state index is 6.47. The van der Waals surface area contributed by atoms with Crippen LogP contribution in [0.5, 0.6) is 0 Å². The van der Waals surface area contributed by atoms with Gasteiger partial charge in [-0.15, -0.1) is 0 Å². The number of hydrogen-bond acceptors (Lipinski definition) is 1. The predicted octanol–water partition coefficient (Wildman–Crippen LogP) is 12.4. The van der Waals surface area contributed by atoms with Crippen LogP contribution in [0.2, 0.25) is 0 Å². The van der Waals surface area contributed by atoms with E-state index < -0.39 is 0 Å². The van der Waals surface area contributed by atoms with Crippen molar-refractivity contribution < 1.29 is 4.42 Å². The number of para-hydroxylation sites is 1. The second-order valence-corrected chi connectivity index (χ2v) is 13.7. The predicted molar refractivity (Wildman–Crippen MR) is 198 cm³/mol. The van der Waals surface area contributed by atoms with Crippen LogP contribution in [0.3, 0.4) is 0 Å². The van der Waals surface area contributed by atoms with Crippen molar-refractivity contribution in [3.63, 3.8) is 0 Å². The molecular weight excluding hydrogens is 571 g/mol. The minimum Gasteiger partial charge on any atom is -0.456 e. The summed E-state index contributed by atoms with van der Waals surface area (Å²) < 4.78 is 8.98. The van der Waals surface area contributed by atoms with Crippen LogP contribution in [0, 0.1) is 0 Å². The highest BCUT2D eigenvalue weighted by Gasteiger charge is 2.36. The fourth-order valence-corrected chi connectivity index (χ4v) is 8.81. The molecule has 0 saturated heterocycles. The summed E-state index contributed by atoms with van der Waals surface area (Å²) in [6, 6.07) is 51.4. The fourth-order valence-electron chi connectivity index (χ4n) is 8.81. The van der Waals surface area contributed by atoms with Gasteiger partial charge in [-0.25, -0.2) is 0 Å². The van der Waals surface area contributed by atoms with E-state index in [1.807, 2.05) is 0 Å². The summed E-state index contributed by atoms with van der Waals surface area (Å²) >= 11 is 0. The number of nitrogens with zero attached hydrogens (tertiary/aromatic N) is 1. The topological polar surface area (TPSA) is 18.1 Å². The Hall–Kier alpha value is -5.86. The fraction of sp³-hybridized carbons (Fsp3) is 0.0667. The molecule has 8 aromatic carbocycles. The summed E-state index contributed by atoms with van der Waals surface area (Å²) in [5, 5.41) is 12.5. The van der Waals surface area contributed by atoms with E-state index in [4.69, 9.17) is 4.42 Å². The van der Waals surface area contributed by atoms with Crippen LogP contribution >= 0.6 is 0 Å². The minimum atomic E-state index is -0.0795. The Kier molecular flexibility index (Phi) is 4.68. The summed E-state index contributed by atoms with van der Waals surface area (Å²) in [6.45, 7) is 4.73. The van der Waals surface area contributed by atoms with E-state index in [2.05, 4.69) is 158 Å². The molecule has 1 aliphatic carbocycles. The standard InChI is InChI=1S/C45H29NO/c1-45(2)38-17-9-7-15-32(38)36-25-40-37(24-39(36)45)33-21-22-42-43(34-16-8-10-18-41(34)47-42)44(33)46(40)26-19-20-31-29-13-4-3-11-27(29)28-12-5-6-14-30(28)35(31)23-26/h3-25H,1-2H3. The third-order valence-electron chi connectivity index (χ3n) is 11.0. The van der Waals surface area contributed by atoms with Crippen molar-refractivity contribution in [2.45, 2.75) is 19.3 Å². The highest BCUT2D eigenvalue weighted by molar-refractivity contribution is 6.27. The summed E-state index contributed by atoms with van der Waals surface area (Å²) in [7, 11) is 0. The van der Waals surface area contributed by atoms with Crippen molar-refractivity contribution >= 4 is 76.1 Å². The zero-order valence-corrected chi connectivity index (χ0v) is 26.1. The van der Waals surface area contributed by atoms with Crippen LogP contribution in [0.15, 0.2) is 144 Å². The Morgan fingerprint density at radius 3 is 1.83 bits per heavy atom. The second kappa shape index (κ2) is 8.69. The van der Waals surface area contributed by atoms with Crippen molar-refractivity contribution in [2.24, 2.45) is 0 Å². The molecule has 2 heterocycles. The first-order valence-corrected chi connectivity index (χ1v) is 16.4. The first-order chi connectivity index (χ1) is 23.1. The first kappa shape index (κ1) is 25.3. The summed E-state index contributed by atoms with van der Waals surface area (Å²) in [5.74, 6) is 0. The van der Waals surface area contributed by atoms with Crippen molar-refractivity contribution in [2.75, 3.05) is 0 Å². The van der Waals surface area contributed by atoms with E-state index in [0.717, 1.165) is 27.6 Å². The molecule has 0 aliphatic heterocycles. The molecule has 47 heavy (non-hydrogen) atoms. The molecule has 2 nitrogen and oxygen atoms in total. The van der Waals surface area contributed by atoms with Gasteiger partial charge >= 0.3 is 0 Å². The van der Waals surface area contributed by atoms with Crippen LogP contribution in [0.25, 0.3) is 92.9 Å². The number of furan rings is 1. The van der Waals surface area contributed by atoms with Gasteiger partial charge in [0.25, 0.3) is 0 Å². The number of benzene rings is 8. The molecule has 10 aromatic rings. The molecule has 0 fully saturated rings. The van der Waals surface area contributed by atoms with E-state index in [1.165, 1.54) is 76.4 Å². The summed E-state index contributed by atoms with van der Waals surface area (Å²) in [4.78, 5) is 0. The van der Waals surface area contributed by atoms with E-state index >= 15 is 0 Å². The molecule has 0 N–H and O–H groups in total. The lowest BCUT2D eigenvalue weighted by molar-refractivity contribution is 0.661. The average molecular weight is 600 g/mol. The molecular formula is C45H29NO. The van der Waals surface area contributed by atoms with Gasteiger partial charge in [0.15, 0.2) is 0 Å². The maximum Gasteiger partial charge on any atom is 0.137 e. The highest BCUT2D eigenvalue weighted by Crippen LogP contribution is 2.52. The van der Waals surface area contributed by atoms with Gasteiger partial charge in [-0.2, -0.15) is 0 Å². The van der Waals surface area contributed by atoms with E-state index in [9.17, 15) is 0 Å². The normalized spacial score (nSPS) is 13.9. The van der Waals surface area contributed by atoms with Crippen LogP contribution in [0.1, 0.15) is 25.0 Å². The maximum atomic E-state index is 6.47. The summed E-state index contributed by atoms with van der Waals surface area (Å²) in [6.07, 6.45) is 0. The number of rotatable bonds is 1. The molecule has 0 unspecified atom stereocenters. The van der Waals surface area contributed by atoms with Crippen molar-refractivity contribution in [1.29, 1.82) is 0 Å². The second-order valence-electron chi connectivity index (χ2n) is 13.7. The lowest BCUT2D eigenvalue weighted by Gasteiger charge is -2.21. The Labute approximate surface area is 271 Å². The third kappa shape index (κ3) is 3.15. The van der Waals surface area contributed by atoms with Crippen molar-refractivity contribution in [1.82, 2.24) is 4.57 Å². The monoisotopic (exact) mass is 599 g/mol. The smallest absolute Gasteiger partial charge is 0.137 e. The summed E-state index contributed by atoms with van der Waals surface area (Å²) in [5.41, 5.74) is 10.8. The number of fused-ring (bicyclic) bond motifs is 16. The Balaban J connectivity index is 1.34. The third-order valence-corrected chi connectivity index (χ3v) is 11.0. The molecule has 11 rings (SSSR count). The molecule has 0 saturated carbocycles. The van der Waals surface area contributed by atoms with Crippen LogP contribution in [-0.2, 0) is 5.41 Å². The SMILES string of the molecule is CC1(C)c2ccccc2-c2cc3c(cc21)c1ccc2oc4ccccc4c2c1n3-c1ccc2c3ccccc3c3ccccc3c2c1. The number of aromatic nitrogens is 1. The van der Waals surface area contributed by atoms with Crippen molar-refractivity contribution in [3.05, 3.63) is 151 Å². The molecule has 0 amide bonds. The highest BCUT2D eigenvalue weighted by atomic mass is 16.3. The molecule has 2 heteroatoms. The van der Waals surface area contributed by atoms with Gasteiger partial charge in [-0.05, 0) is 97.0 Å². The van der Waals surface area contributed by atoms with E-state index in [0.29, 0.717) is 0 Å². The lowest BCUT2D eigenvalue weighted by Crippen LogP contribution is -2.14. The van der Waals surface area contributed by atoms with E-state index in [-0.39, 0.29) is 5.41 Å². The number of hydrogen-bond donors (Lipinski definition) is 0. The largest absolute Gasteiger partial charge is 0.456 e. The molecule has 2 aromatic heterocycles. The molecule has 0 bridgehead atoms. The minimum absolute atomic E-state index is 0.0795. The van der Waals surface area contributed by atoms with Gasteiger partial charge in [0, 0.05) is 27.3 Å². The van der Waals surface area contributed by atoms with Gasteiger partial charge in [-0.1, -0.05) is 111 Å². The van der Waals surface area contributed by atoms with Crippen molar-refractivity contribution in [3.8, 4) is 16.8 Å². The quantitative estimate of drug-likeness (QED) is 0.172. The molecule has 1 aliphatic rings. The molecule has 0 atom stereocenters.